The van der Waals surface area contributed by atoms with Crippen LogP contribution in [0.15, 0.2) is 53.8 Å². The zero-order valence-corrected chi connectivity index (χ0v) is 14.9. The van der Waals surface area contributed by atoms with Crippen molar-refractivity contribution >= 4 is 40.0 Å². The molecule has 2 heterocycles. The summed E-state index contributed by atoms with van der Waals surface area (Å²) in [6.07, 6.45) is 2.91. The number of halogens is 1. The van der Waals surface area contributed by atoms with Gasteiger partial charge in [0.1, 0.15) is 15.7 Å². The van der Waals surface area contributed by atoms with E-state index in [1.165, 1.54) is 30.1 Å². The highest BCUT2D eigenvalue weighted by Gasteiger charge is 2.15. The van der Waals surface area contributed by atoms with E-state index in [0.29, 0.717) is 16.3 Å². The number of anilines is 1. The number of benzene rings is 1. The van der Waals surface area contributed by atoms with Crippen LogP contribution >= 0.6 is 23.1 Å². The molecule has 0 bridgehead atoms. The van der Waals surface area contributed by atoms with E-state index in [1.54, 1.807) is 30.5 Å². The van der Waals surface area contributed by atoms with Crippen molar-refractivity contribution in [3.05, 3.63) is 70.6 Å². The van der Waals surface area contributed by atoms with Crippen molar-refractivity contribution in [1.29, 1.82) is 0 Å². The van der Waals surface area contributed by atoms with Gasteiger partial charge in [-0.1, -0.05) is 23.5 Å². The topological polar surface area (TPSA) is 98.0 Å². The average molecular weight is 388 g/mol. The number of carbonyl (C=O) groups excluding carboxylic acids is 2. The summed E-state index contributed by atoms with van der Waals surface area (Å²) in [5.41, 5.74) is 6.48. The Kier molecular flexibility index (Phi) is 5.59. The molecule has 3 aromatic rings. The van der Waals surface area contributed by atoms with Crippen LogP contribution in [0.1, 0.15) is 25.6 Å². The van der Waals surface area contributed by atoms with Gasteiger partial charge in [-0.15, -0.1) is 11.8 Å². The summed E-state index contributed by atoms with van der Waals surface area (Å²) >= 11 is 2.37. The van der Waals surface area contributed by atoms with Gasteiger partial charge in [-0.2, -0.15) is 0 Å². The van der Waals surface area contributed by atoms with Crippen LogP contribution in [0.4, 0.5) is 9.52 Å². The zero-order chi connectivity index (χ0) is 18.5. The van der Waals surface area contributed by atoms with Crippen molar-refractivity contribution in [3.8, 4) is 0 Å². The number of aromatic nitrogens is 2. The molecule has 1 aromatic carbocycles. The van der Waals surface area contributed by atoms with Crippen molar-refractivity contribution in [2.75, 3.05) is 5.32 Å². The van der Waals surface area contributed by atoms with Gasteiger partial charge in [0.25, 0.3) is 11.8 Å². The number of nitrogens with zero attached hydrogens (tertiary/aromatic N) is 2. The molecular formula is C17H13FN4O2S2. The summed E-state index contributed by atoms with van der Waals surface area (Å²) < 4.78 is 13.0. The minimum Gasteiger partial charge on any atom is -0.365 e. The van der Waals surface area contributed by atoms with Crippen LogP contribution in [-0.2, 0) is 5.75 Å². The minimum absolute atomic E-state index is 0.261. The molecule has 0 unspecified atom stereocenters. The van der Waals surface area contributed by atoms with E-state index in [1.807, 2.05) is 0 Å². The van der Waals surface area contributed by atoms with E-state index in [9.17, 15) is 14.0 Å². The first kappa shape index (κ1) is 18.0. The van der Waals surface area contributed by atoms with Crippen LogP contribution in [0.3, 0.4) is 0 Å². The maximum Gasteiger partial charge on any atom is 0.260 e. The highest BCUT2D eigenvalue weighted by molar-refractivity contribution is 7.98. The number of pyridine rings is 1. The SMILES string of the molecule is NC(=O)c1cnc(NC(=O)c2cccnc2SCc2ccc(F)cc2)s1. The van der Waals surface area contributed by atoms with E-state index < -0.39 is 5.91 Å². The molecule has 0 aliphatic heterocycles. The van der Waals surface area contributed by atoms with Gasteiger partial charge in [0, 0.05) is 11.9 Å². The van der Waals surface area contributed by atoms with Crippen molar-refractivity contribution < 1.29 is 14.0 Å². The molecule has 9 heteroatoms. The van der Waals surface area contributed by atoms with Crippen LogP contribution in [0.2, 0.25) is 0 Å². The predicted molar refractivity (Wildman–Crippen MR) is 98.8 cm³/mol. The number of nitrogens with one attached hydrogen (secondary N) is 1. The quantitative estimate of drug-likeness (QED) is 0.631. The number of amides is 2. The number of nitrogens with two attached hydrogens (primary N) is 1. The highest BCUT2D eigenvalue weighted by atomic mass is 32.2. The Hall–Kier alpha value is -2.78. The molecule has 0 fully saturated rings. The van der Waals surface area contributed by atoms with E-state index in [-0.39, 0.29) is 21.7 Å². The van der Waals surface area contributed by atoms with Crippen LogP contribution < -0.4 is 11.1 Å². The highest BCUT2D eigenvalue weighted by Crippen LogP contribution is 2.26. The summed E-state index contributed by atoms with van der Waals surface area (Å²) in [6.45, 7) is 0. The fraction of sp³-hybridized carbons (Fsp3) is 0.0588. The van der Waals surface area contributed by atoms with Gasteiger partial charge in [0.15, 0.2) is 5.13 Å². The third kappa shape index (κ3) is 4.44. The van der Waals surface area contributed by atoms with E-state index in [0.717, 1.165) is 16.9 Å². The van der Waals surface area contributed by atoms with Gasteiger partial charge in [0.2, 0.25) is 0 Å². The van der Waals surface area contributed by atoms with Crippen LogP contribution in [0.5, 0.6) is 0 Å². The lowest BCUT2D eigenvalue weighted by molar-refractivity contribution is 0.1000. The van der Waals surface area contributed by atoms with Crippen LogP contribution in [0, 0.1) is 5.82 Å². The summed E-state index contributed by atoms with van der Waals surface area (Å²) in [5, 5.41) is 3.46. The lowest BCUT2D eigenvalue weighted by atomic mass is 10.2. The maximum atomic E-state index is 13.0. The van der Waals surface area contributed by atoms with Crippen molar-refractivity contribution in [2.45, 2.75) is 10.8 Å². The van der Waals surface area contributed by atoms with Crippen molar-refractivity contribution in [1.82, 2.24) is 9.97 Å². The van der Waals surface area contributed by atoms with Gasteiger partial charge in [-0.05, 0) is 29.8 Å². The Morgan fingerprint density at radius 3 is 2.65 bits per heavy atom. The monoisotopic (exact) mass is 388 g/mol. The van der Waals surface area contributed by atoms with Gasteiger partial charge >= 0.3 is 0 Å². The second kappa shape index (κ2) is 8.07. The summed E-state index contributed by atoms with van der Waals surface area (Å²) in [4.78, 5) is 32.1. The largest absolute Gasteiger partial charge is 0.365 e. The molecule has 0 atom stereocenters. The van der Waals surface area contributed by atoms with Gasteiger partial charge < -0.3 is 5.73 Å². The van der Waals surface area contributed by atoms with Gasteiger partial charge in [-0.25, -0.2) is 14.4 Å². The smallest absolute Gasteiger partial charge is 0.260 e. The average Bonchev–Trinajstić information content (AvgIpc) is 3.10. The molecule has 6 nitrogen and oxygen atoms in total. The van der Waals surface area contributed by atoms with Crippen LogP contribution in [0.25, 0.3) is 0 Å². The fourth-order valence-electron chi connectivity index (χ4n) is 2.02. The number of thioether (sulfide) groups is 1. The summed E-state index contributed by atoms with van der Waals surface area (Å²) in [6, 6.07) is 9.46. The molecule has 0 saturated heterocycles. The Bertz CT molecular complexity index is 944. The molecule has 0 spiro atoms. The Morgan fingerprint density at radius 1 is 1.19 bits per heavy atom. The number of carbonyl (C=O) groups is 2. The third-order valence-corrected chi connectivity index (χ3v) is 5.28. The maximum absolute atomic E-state index is 13.0. The fourth-order valence-corrected chi connectivity index (χ4v) is 3.63. The molecule has 0 radical (unpaired) electrons. The van der Waals surface area contributed by atoms with E-state index in [2.05, 4.69) is 15.3 Å². The second-order valence-corrected chi connectivity index (χ2v) is 7.11. The first-order valence-corrected chi connectivity index (χ1v) is 9.22. The van der Waals surface area contributed by atoms with Crippen molar-refractivity contribution in [2.24, 2.45) is 5.73 Å². The molecular weight excluding hydrogens is 375 g/mol. The normalized spacial score (nSPS) is 10.5. The molecule has 0 saturated carbocycles. The Labute approximate surface area is 156 Å². The summed E-state index contributed by atoms with van der Waals surface area (Å²) in [7, 11) is 0. The lowest BCUT2D eigenvalue weighted by Crippen LogP contribution is -2.13. The van der Waals surface area contributed by atoms with Crippen molar-refractivity contribution in [3.63, 3.8) is 0 Å². The van der Waals surface area contributed by atoms with Crippen LogP contribution in [-0.4, -0.2) is 21.8 Å². The molecule has 0 aliphatic rings. The number of rotatable bonds is 6. The lowest BCUT2D eigenvalue weighted by Gasteiger charge is -2.07. The molecule has 2 aromatic heterocycles. The Balaban J connectivity index is 1.71. The molecule has 132 valence electrons. The first-order valence-electron chi connectivity index (χ1n) is 7.42. The van der Waals surface area contributed by atoms with E-state index in [4.69, 9.17) is 5.73 Å². The molecule has 0 aliphatic carbocycles. The number of primary amides is 1. The minimum atomic E-state index is -0.597. The predicted octanol–water partition coefficient (Wildman–Crippen LogP) is 3.32. The van der Waals surface area contributed by atoms with Gasteiger partial charge in [-0.3, -0.25) is 14.9 Å². The molecule has 26 heavy (non-hydrogen) atoms. The number of thiazole rings is 1. The second-order valence-electron chi connectivity index (χ2n) is 5.12. The molecule has 2 amide bonds. The molecule has 3 rings (SSSR count). The summed E-state index contributed by atoms with van der Waals surface area (Å²) in [5.74, 6) is -0.735. The van der Waals surface area contributed by atoms with Gasteiger partial charge in [0.05, 0.1) is 11.8 Å². The number of hydrogen-bond donors (Lipinski definition) is 2. The number of hydrogen-bond acceptors (Lipinski definition) is 6. The standard InChI is InChI=1S/C17H13FN4O2S2/c18-11-5-3-10(4-6-11)9-25-16-12(2-1-7-20-16)15(24)22-17-21-8-13(26-17)14(19)23/h1-8H,9H2,(H2,19,23)(H,21,22,24). The third-order valence-electron chi connectivity index (χ3n) is 3.27. The van der Waals surface area contributed by atoms with E-state index >= 15 is 0 Å². The molecule has 3 N–H and O–H groups in total. The first-order chi connectivity index (χ1) is 12.5. The zero-order valence-electron chi connectivity index (χ0n) is 13.3. The Morgan fingerprint density at radius 2 is 1.96 bits per heavy atom.